The van der Waals surface area contributed by atoms with Crippen LogP contribution in [0.25, 0.3) is 0 Å². The van der Waals surface area contributed by atoms with E-state index in [1.807, 2.05) is 6.92 Å². The van der Waals surface area contributed by atoms with Crippen LogP contribution < -0.4 is 9.47 Å². The Balaban J connectivity index is 2.39. The van der Waals surface area contributed by atoms with Crippen molar-refractivity contribution >= 4 is 29.1 Å². The molecule has 0 spiro atoms. The van der Waals surface area contributed by atoms with Gasteiger partial charge in [-0.2, -0.15) is 0 Å². The average molecular weight is 290 g/mol. The summed E-state index contributed by atoms with van der Waals surface area (Å²) in [4.78, 5) is 11.2. The number of fused-ring (bicyclic) bond motifs is 1. The highest BCUT2D eigenvalue weighted by atomic mass is 35.5. The van der Waals surface area contributed by atoms with Crippen LogP contribution >= 0.6 is 23.4 Å². The molecule has 1 heterocycles. The minimum atomic E-state index is -0.415. The zero-order valence-electron chi connectivity index (χ0n) is 9.72. The maximum Gasteiger partial charge on any atom is 0.286 e. The molecule has 0 saturated carbocycles. The zero-order chi connectivity index (χ0) is 13.1. The number of alkyl halides is 1. The van der Waals surface area contributed by atoms with Crippen molar-refractivity contribution in [1.29, 1.82) is 0 Å². The molecule has 1 aromatic rings. The van der Waals surface area contributed by atoms with E-state index < -0.39 is 4.92 Å². The summed E-state index contributed by atoms with van der Waals surface area (Å²) >= 11 is 7.09. The predicted molar refractivity (Wildman–Crippen MR) is 70.1 cm³/mol. The zero-order valence-corrected chi connectivity index (χ0v) is 11.3. The molecule has 2 rings (SSSR count). The van der Waals surface area contributed by atoms with Gasteiger partial charge < -0.3 is 9.47 Å². The number of rotatable bonds is 4. The first-order chi connectivity index (χ1) is 8.61. The van der Waals surface area contributed by atoms with Crippen molar-refractivity contribution in [2.75, 3.05) is 19.1 Å². The van der Waals surface area contributed by atoms with Gasteiger partial charge in [-0.25, -0.2) is 0 Å². The van der Waals surface area contributed by atoms with Gasteiger partial charge in [0.15, 0.2) is 11.5 Å². The van der Waals surface area contributed by atoms with Gasteiger partial charge in [-0.05, 0) is 0 Å². The molecule has 0 aromatic heterocycles. The monoisotopic (exact) mass is 289 g/mol. The summed E-state index contributed by atoms with van der Waals surface area (Å²) in [6.07, 6.45) is 0. The molecular weight excluding hydrogens is 278 g/mol. The molecule has 0 N–H and O–H groups in total. The lowest BCUT2D eigenvalue weighted by atomic mass is 10.2. The fraction of sp³-hybridized carbons (Fsp3) is 0.455. The van der Waals surface area contributed by atoms with Crippen LogP contribution in [0.1, 0.15) is 6.92 Å². The summed E-state index contributed by atoms with van der Waals surface area (Å²) in [6.45, 7) is 2.78. The van der Waals surface area contributed by atoms with Crippen LogP contribution in [0, 0.1) is 10.1 Å². The van der Waals surface area contributed by atoms with Crippen LogP contribution in [0.5, 0.6) is 11.5 Å². The molecule has 0 radical (unpaired) electrons. The molecule has 0 saturated heterocycles. The molecule has 0 bridgehead atoms. The van der Waals surface area contributed by atoms with E-state index in [9.17, 15) is 10.1 Å². The summed E-state index contributed by atoms with van der Waals surface area (Å²) < 4.78 is 10.8. The van der Waals surface area contributed by atoms with E-state index in [-0.39, 0.29) is 10.9 Å². The standard InChI is InChI=1S/C11H12ClNO4S/c1-7(6-12)18-11-5-10-9(16-2-3-17-10)4-8(11)13(14)15/h4-5,7H,2-3,6H2,1H3. The Hall–Kier alpha value is -1.14. The number of halogens is 1. The second-order valence-corrected chi connectivity index (χ2v) is 5.59. The number of hydrogen-bond acceptors (Lipinski definition) is 5. The Morgan fingerprint density at radius 3 is 2.61 bits per heavy atom. The lowest BCUT2D eigenvalue weighted by Crippen LogP contribution is -2.15. The van der Waals surface area contributed by atoms with Gasteiger partial charge in [-0.15, -0.1) is 23.4 Å². The van der Waals surface area contributed by atoms with Crippen molar-refractivity contribution in [1.82, 2.24) is 0 Å². The van der Waals surface area contributed by atoms with Gasteiger partial charge in [0.2, 0.25) is 0 Å². The number of benzene rings is 1. The summed E-state index contributed by atoms with van der Waals surface area (Å²) in [5.41, 5.74) is 0.0289. The predicted octanol–water partition coefficient (Wildman–Crippen LogP) is 3.09. The molecule has 0 fully saturated rings. The van der Waals surface area contributed by atoms with E-state index in [2.05, 4.69) is 0 Å². The van der Waals surface area contributed by atoms with E-state index in [1.165, 1.54) is 17.8 Å². The summed E-state index contributed by atoms with van der Waals surface area (Å²) in [6, 6.07) is 3.07. The van der Waals surface area contributed by atoms with Crippen LogP contribution in [0.15, 0.2) is 17.0 Å². The quantitative estimate of drug-likeness (QED) is 0.369. The smallest absolute Gasteiger partial charge is 0.286 e. The molecule has 98 valence electrons. The second-order valence-electron chi connectivity index (χ2n) is 3.80. The normalized spacial score (nSPS) is 15.2. The highest BCUT2D eigenvalue weighted by molar-refractivity contribution is 8.00. The van der Waals surface area contributed by atoms with Gasteiger partial charge in [0.1, 0.15) is 13.2 Å². The molecule has 1 aliphatic heterocycles. The first-order valence-corrected chi connectivity index (χ1v) is 6.84. The topological polar surface area (TPSA) is 61.6 Å². The Morgan fingerprint density at radius 1 is 1.44 bits per heavy atom. The molecule has 0 aliphatic carbocycles. The van der Waals surface area contributed by atoms with Crippen molar-refractivity contribution in [2.45, 2.75) is 17.1 Å². The lowest BCUT2D eigenvalue weighted by Gasteiger charge is -2.19. The minimum Gasteiger partial charge on any atom is -0.486 e. The molecule has 1 unspecified atom stereocenters. The third kappa shape index (κ3) is 2.81. The number of ether oxygens (including phenoxy) is 2. The number of nitrogens with zero attached hydrogens (tertiary/aromatic N) is 1. The van der Waals surface area contributed by atoms with Crippen LogP contribution in [-0.2, 0) is 0 Å². The summed E-state index contributed by atoms with van der Waals surface area (Å²) in [5, 5.41) is 11.1. The van der Waals surface area contributed by atoms with E-state index >= 15 is 0 Å². The van der Waals surface area contributed by atoms with Crippen LogP contribution in [0.2, 0.25) is 0 Å². The number of thioether (sulfide) groups is 1. The molecule has 1 aliphatic rings. The summed E-state index contributed by atoms with van der Waals surface area (Å²) in [5.74, 6) is 1.41. The molecular formula is C11H12ClNO4S. The third-order valence-electron chi connectivity index (χ3n) is 2.37. The molecule has 0 amide bonds. The first-order valence-electron chi connectivity index (χ1n) is 5.42. The van der Waals surface area contributed by atoms with Crippen molar-refractivity contribution in [3.05, 3.63) is 22.2 Å². The van der Waals surface area contributed by atoms with Crippen molar-refractivity contribution in [3.8, 4) is 11.5 Å². The molecule has 1 atom stereocenters. The number of nitro groups is 1. The third-order valence-corrected chi connectivity index (χ3v) is 4.16. The largest absolute Gasteiger partial charge is 0.486 e. The maximum atomic E-state index is 11.0. The molecule has 5 nitrogen and oxygen atoms in total. The van der Waals surface area contributed by atoms with E-state index in [0.717, 1.165) is 0 Å². The molecule has 1 aromatic carbocycles. The van der Waals surface area contributed by atoms with Gasteiger partial charge in [0, 0.05) is 17.2 Å². The number of hydrogen-bond donors (Lipinski definition) is 0. The van der Waals surface area contributed by atoms with E-state index in [4.69, 9.17) is 21.1 Å². The highest BCUT2D eigenvalue weighted by Gasteiger charge is 2.23. The Kier molecular flexibility index (Phi) is 4.19. The van der Waals surface area contributed by atoms with Gasteiger partial charge in [0.05, 0.1) is 15.9 Å². The van der Waals surface area contributed by atoms with Gasteiger partial charge in [-0.1, -0.05) is 6.92 Å². The van der Waals surface area contributed by atoms with Gasteiger partial charge in [-0.3, -0.25) is 10.1 Å². The van der Waals surface area contributed by atoms with Gasteiger partial charge in [0.25, 0.3) is 5.69 Å². The van der Waals surface area contributed by atoms with Crippen molar-refractivity contribution in [3.63, 3.8) is 0 Å². The van der Waals surface area contributed by atoms with E-state index in [1.54, 1.807) is 6.07 Å². The Labute approximate surface area is 114 Å². The minimum absolute atomic E-state index is 0.0289. The fourth-order valence-electron chi connectivity index (χ4n) is 1.54. The SMILES string of the molecule is CC(CCl)Sc1cc2c(cc1[N+](=O)[O-])OCCO2. The first kappa shape index (κ1) is 13.3. The van der Waals surface area contributed by atoms with Crippen LogP contribution in [0.3, 0.4) is 0 Å². The lowest BCUT2D eigenvalue weighted by molar-refractivity contribution is -0.387. The van der Waals surface area contributed by atoms with Gasteiger partial charge >= 0.3 is 0 Å². The molecule has 7 heteroatoms. The van der Waals surface area contributed by atoms with Crippen LogP contribution in [-0.4, -0.2) is 29.3 Å². The average Bonchev–Trinajstić information content (AvgIpc) is 2.37. The van der Waals surface area contributed by atoms with Crippen LogP contribution in [0.4, 0.5) is 5.69 Å². The summed E-state index contributed by atoms with van der Waals surface area (Å²) in [7, 11) is 0. The Morgan fingerprint density at radius 2 is 2.06 bits per heavy atom. The van der Waals surface area contributed by atoms with E-state index in [0.29, 0.717) is 35.5 Å². The number of nitro benzene ring substituents is 1. The van der Waals surface area contributed by atoms with Crippen molar-refractivity contribution < 1.29 is 14.4 Å². The second kappa shape index (κ2) is 5.67. The Bertz CT molecular complexity index is 469. The van der Waals surface area contributed by atoms with Crippen molar-refractivity contribution in [2.24, 2.45) is 0 Å². The highest BCUT2D eigenvalue weighted by Crippen LogP contribution is 2.42. The molecule has 18 heavy (non-hydrogen) atoms. The fourth-order valence-corrected chi connectivity index (χ4v) is 2.66. The maximum absolute atomic E-state index is 11.0.